The lowest BCUT2D eigenvalue weighted by Gasteiger charge is -2.32. The van der Waals surface area contributed by atoms with Gasteiger partial charge in [0.1, 0.15) is 5.82 Å². The number of rotatable bonds is 7. The molecule has 5 heteroatoms. The van der Waals surface area contributed by atoms with E-state index in [1.54, 1.807) is 0 Å². The fourth-order valence-electron chi connectivity index (χ4n) is 2.59. The van der Waals surface area contributed by atoms with E-state index >= 15 is 0 Å². The average molecular weight is 254 g/mol. The summed E-state index contributed by atoms with van der Waals surface area (Å²) in [4.78, 5) is 2.24. The molecular formula is C13H26N4O. The number of aliphatic hydroxyl groups excluding tert-OH is 1. The second-order valence-electron chi connectivity index (χ2n) is 4.60. The highest BCUT2D eigenvalue weighted by atomic mass is 16.3. The zero-order valence-corrected chi connectivity index (χ0v) is 12.0. The third-order valence-electron chi connectivity index (χ3n) is 3.51. The standard InChI is InChI=1S/C13H26N4O/c1-5-11(6-2)17(7-8-18)13-12(9-14)10(3)15-16(13)4/h11,18H,5-9,14H2,1-4H3. The molecule has 0 spiro atoms. The summed E-state index contributed by atoms with van der Waals surface area (Å²) in [6.45, 7) is 7.57. The lowest BCUT2D eigenvalue weighted by Crippen LogP contribution is -2.38. The van der Waals surface area contributed by atoms with Crippen LogP contribution in [0.4, 0.5) is 5.82 Å². The molecule has 0 unspecified atom stereocenters. The van der Waals surface area contributed by atoms with E-state index in [-0.39, 0.29) is 6.61 Å². The second kappa shape index (κ2) is 6.75. The molecule has 0 aromatic carbocycles. The van der Waals surface area contributed by atoms with Gasteiger partial charge in [0.2, 0.25) is 0 Å². The van der Waals surface area contributed by atoms with Crippen molar-refractivity contribution in [2.45, 2.75) is 46.2 Å². The van der Waals surface area contributed by atoms with Gasteiger partial charge in [0.25, 0.3) is 0 Å². The summed E-state index contributed by atoms with van der Waals surface area (Å²) in [5, 5.41) is 13.7. The second-order valence-corrected chi connectivity index (χ2v) is 4.60. The Balaban J connectivity index is 3.19. The van der Waals surface area contributed by atoms with Gasteiger partial charge in [0.05, 0.1) is 12.3 Å². The van der Waals surface area contributed by atoms with Crippen molar-refractivity contribution in [2.24, 2.45) is 12.8 Å². The average Bonchev–Trinajstić information content (AvgIpc) is 2.63. The zero-order valence-electron chi connectivity index (χ0n) is 12.0. The summed E-state index contributed by atoms with van der Waals surface area (Å²) >= 11 is 0. The molecule has 0 fully saturated rings. The molecule has 3 N–H and O–H groups in total. The van der Waals surface area contributed by atoms with Gasteiger partial charge in [-0.1, -0.05) is 13.8 Å². The van der Waals surface area contributed by atoms with Crippen LogP contribution in [0.3, 0.4) is 0 Å². The number of nitrogens with two attached hydrogens (primary N) is 1. The summed E-state index contributed by atoms with van der Waals surface area (Å²) in [6, 6.07) is 0.414. The Hall–Kier alpha value is -1.07. The first-order chi connectivity index (χ1) is 8.60. The van der Waals surface area contributed by atoms with Gasteiger partial charge in [0, 0.05) is 31.7 Å². The number of aliphatic hydroxyl groups is 1. The van der Waals surface area contributed by atoms with Crippen molar-refractivity contribution in [3.63, 3.8) is 0 Å². The number of aromatic nitrogens is 2. The van der Waals surface area contributed by atoms with Crippen LogP contribution in [0.1, 0.15) is 37.9 Å². The summed E-state index contributed by atoms with van der Waals surface area (Å²) in [6.07, 6.45) is 2.09. The fraction of sp³-hybridized carbons (Fsp3) is 0.769. The Morgan fingerprint density at radius 3 is 2.44 bits per heavy atom. The third kappa shape index (κ3) is 2.84. The summed E-state index contributed by atoms with van der Waals surface area (Å²) in [5.41, 5.74) is 7.90. The molecule has 0 saturated carbocycles. The largest absolute Gasteiger partial charge is 0.395 e. The van der Waals surface area contributed by atoms with Crippen molar-refractivity contribution >= 4 is 5.82 Å². The number of hydrogen-bond donors (Lipinski definition) is 2. The first kappa shape index (κ1) is 15.0. The zero-order chi connectivity index (χ0) is 13.7. The Kier molecular flexibility index (Phi) is 5.62. The smallest absolute Gasteiger partial charge is 0.131 e. The molecule has 0 aliphatic carbocycles. The number of anilines is 1. The van der Waals surface area contributed by atoms with Crippen LogP contribution < -0.4 is 10.6 Å². The van der Waals surface area contributed by atoms with E-state index in [0.29, 0.717) is 19.1 Å². The first-order valence-corrected chi connectivity index (χ1v) is 6.70. The van der Waals surface area contributed by atoms with E-state index in [1.807, 2.05) is 18.7 Å². The monoisotopic (exact) mass is 254 g/mol. The highest BCUT2D eigenvalue weighted by Gasteiger charge is 2.22. The van der Waals surface area contributed by atoms with Gasteiger partial charge in [-0.15, -0.1) is 0 Å². The van der Waals surface area contributed by atoms with Gasteiger partial charge in [-0.3, -0.25) is 4.68 Å². The highest BCUT2D eigenvalue weighted by Crippen LogP contribution is 2.26. The van der Waals surface area contributed by atoms with Crippen LogP contribution in [0.2, 0.25) is 0 Å². The van der Waals surface area contributed by atoms with Gasteiger partial charge in [-0.05, 0) is 19.8 Å². The maximum absolute atomic E-state index is 9.30. The Labute approximate surface area is 110 Å². The minimum absolute atomic E-state index is 0.144. The highest BCUT2D eigenvalue weighted by molar-refractivity contribution is 5.51. The van der Waals surface area contributed by atoms with Crippen molar-refractivity contribution in [1.82, 2.24) is 9.78 Å². The molecule has 104 valence electrons. The van der Waals surface area contributed by atoms with Crippen LogP contribution in [0.5, 0.6) is 0 Å². The minimum atomic E-state index is 0.144. The van der Waals surface area contributed by atoms with E-state index in [0.717, 1.165) is 29.9 Å². The van der Waals surface area contributed by atoms with Gasteiger partial charge < -0.3 is 15.7 Å². The van der Waals surface area contributed by atoms with Crippen LogP contribution in [0, 0.1) is 6.92 Å². The minimum Gasteiger partial charge on any atom is -0.395 e. The van der Waals surface area contributed by atoms with Gasteiger partial charge in [-0.2, -0.15) is 5.10 Å². The quantitative estimate of drug-likeness (QED) is 0.766. The van der Waals surface area contributed by atoms with Crippen LogP contribution in [-0.4, -0.2) is 34.1 Å². The summed E-state index contributed by atoms with van der Waals surface area (Å²) < 4.78 is 1.88. The molecule has 0 aliphatic rings. The molecule has 0 aliphatic heterocycles. The van der Waals surface area contributed by atoms with Gasteiger partial charge in [-0.25, -0.2) is 0 Å². The van der Waals surface area contributed by atoms with Crippen molar-refractivity contribution in [3.8, 4) is 0 Å². The summed E-state index contributed by atoms with van der Waals surface area (Å²) in [5.74, 6) is 1.05. The first-order valence-electron chi connectivity index (χ1n) is 6.70. The predicted molar refractivity (Wildman–Crippen MR) is 74.6 cm³/mol. The van der Waals surface area contributed by atoms with Crippen LogP contribution >= 0.6 is 0 Å². The fourth-order valence-corrected chi connectivity index (χ4v) is 2.59. The van der Waals surface area contributed by atoms with Crippen molar-refractivity contribution in [3.05, 3.63) is 11.3 Å². The van der Waals surface area contributed by atoms with Crippen molar-refractivity contribution < 1.29 is 5.11 Å². The van der Waals surface area contributed by atoms with E-state index in [2.05, 4.69) is 23.8 Å². The molecule has 0 saturated heterocycles. The molecule has 0 amide bonds. The maximum Gasteiger partial charge on any atom is 0.131 e. The lowest BCUT2D eigenvalue weighted by molar-refractivity contribution is 0.294. The molecular weight excluding hydrogens is 228 g/mol. The SMILES string of the molecule is CCC(CC)N(CCO)c1c(CN)c(C)nn1C. The van der Waals surface area contributed by atoms with E-state index in [9.17, 15) is 5.11 Å². The molecule has 1 rings (SSSR count). The number of nitrogens with zero attached hydrogens (tertiary/aromatic N) is 3. The molecule has 1 heterocycles. The van der Waals surface area contributed by atoms with E-state index in [1.165, 1.54) is 0 Å². The Morgan fingerprint density at radius 1 is 1.39 bits per heavy atom. The predicted octanol–water partition coefficient (Wildman–Crippen LogP) is 1.17. The molecule has 18 heavy (non-hydrogen) atoms. The van der Waals surface area contributed by atoms with E-state index in [4.69, 9.17) is 5.73 Å². The van der Waals surface area contributed by atoms with Crippen molar-refractivity contribution in [2.75, 3.05) is 18.1 Å². The molecule has 1 aromatic rings. The topological polar surface area (TPSA) is 67.3 Å². The lowest BCUT2D eigenvalue weighted by atomic mass is 10.1. The number of hydrogen-bond acceptors (Lipinski definition) is 4. The third-order valence-corrected chi connectivity index (χ3v) is 3.51. The Morgan fingerprint density at radius 2 is 2.00 bits per heavy atom. The molecule has 5 nitrogen and oxygen atoms in total. The molecule has 0 atom stereocenters. The Bertz CT molecular complexity index is 371. The summed E-state index contributed by atoms with van der Waals surface area (Å²) in [7, 11) is 1.94. The van der Waals surface area contributed by atoms with Gasteiger partial charge in [0.15, 0.2) is 0 Å². The van der Waals surface area contributed by atoms with E-state index < -0.39 is 0 Å². The molecule has 0 bridgehead atoms. The molecule has 1 aromatic heterocycles. The molecule has 0 radical (unpaired) electrons. The van der Waals surface area contributed by atoms with Crippen LogP contribution in [0.25, 0.3) is 0 Å². The number of aryl methyl sites for hydroxylation is 2. The maximum atomic E-state index is 9.30. The van der Waals surface area contributed by atoms with Crippen molar-refractivity contribution in [1.29, 1.82) is 0 Å². The van der Waals surface area contributed by atoms with Crippen LogP contribution in [-0.2, 0) is 13.6 Å². The normalized spacial score (nSPS) is 11.3. The van der Waals surface area contributed by atoms with Crippen LogP contribution in [0.15, 0.2) is 0 Å². The van der Waals surface area contributed by atoms with Gasteiger partial charge >= 0.3 is 0 Å².